The van der Waals surface area contributed by atoms with Crippen molar-refractivity contribution in [3.05, 3.63) is 108 Å². The Labute approximate surface area is 219 Å². The summed E-state index contributed by atoms with van der Waals surface area (Å²) in [4.78, 5) is 11.2. The predicted molar refractivity (Wildman–Crippen MR) is 149 cm³/mol. The van der Waals surface area contributed by atoms with Crippen LogP contribution in [-0.4, -0.2) is 40.4 Å². The molecular weight excluding hydrogens is 462 g/mol. The summed E-state index contributed by atoms with van der Waals surface area (Å²) in [5.74, 6) is 4.27. The standard InChI is InChI=1S/C17H19NO3.C15H12O/c1-20-11-10-18-13-21-17-9-5-4-8-16(17)15-7-3-2-6-14(15)12-19;1-3-12-8-4-5-9-13(12)14-10-6-7-11-15(14)16-2/h2-9,12,18H,10-11,13H2,1H3;1,4-11H,2H3. The van der Waals surface area contributed by atoms with Crippen LogP contribution in [0.4, 0.5) is 0 Å². The minimum Gasteiger partial charge on any atom is -0.496 e. The van der Waals surface area contributed by atoms with Gasteiger partial charge in [0, 0.05) is 41.5 Å². The van der Waals surface area contributed by atoms with E-state index >= 15 is 0 Å². The van der Waals surface area contributed by atoms with Crippen molar-refractivity contribution >= 4 is 6.29 Å². The molecule has 0 amide bonds. The number of terminal acetylenes is 1. The van der Waals surface area contributed by atoms with Gasteiger partial charge in [0.25, 0.3) is 0 Å². The quantitative estimate of drug-likeness (QED) is 0.126. The average Bonchev–Trinajstić information content (AvgIpc) is 2.97. The van der Waals surface area contributed by atoms with Gasteiger partial charge in [-0.15, -0.1) is 6.42 Å². The molecule has 37 heavy (non-hydrogen) atoms. The number of benzene rings is 4. The summed E-state index contributed by atoms with van der Waals surface area (Å²) < 4.78 is 16.0. The number of rotatable bonds is 10. The van der Waals surface area contributed by atoms with Gasteiger partial charge < -0.3 is 14.2 Å². The monoisotopic (exact) mass is 493 g/mol. The highest BCUT2D eigenvalue weighted by Gasteiger charge is 2.09. The van der Waals surface area contributed by atoms with Gasteiger partial charge in [0.15, 0.2) is 6.29 Å². The Morgan fingerprint density at radius 3 is 1.97 bits per heavy atom. The second-order valence-electron chi connectivity index (χ2n) is 7.87. The molecule has 0 saturated carbocycles. The van der Waals surface area contributed by atoms with Crippen molar-refractivity contribution in [2.45, 2.75) is 0 Å². The second-order valence-corrected chi connectivity index (χ2v) is 7.87. The molecule has 0 heterocycles. The Kier molecular flexibility index (Phi) is 11.0. The smallest absolute Gasteiger partial charge is 0.150 e. The van der Waals surface area contributed by atoms with Crippen molar-refractivity contribution in [2.75, 3.05) is 34.1 Å². The van der Waals surface area contributed by atoms with Crippen LogP contribution in [0.5, 0.6) is 11.5 Å². The highest BCUT2D eigenvalue weighted by Crippen LogP contribution is 2.32. The fraction of sp³-hybridized carbons (Fsp3) is 0.156. The SMILES string of the molecule is C#Cc1ccccc1-c1ccccc1OC.COCCNCOc1ccccc1-c1ccccc1C=O. The summed E-state index contributed by atoms with van der Waals surface area (Å²) >= 11 is 0. The van der Waals surface area contributed by atoms with Gasteiger partial charge in [-0.3, -0.25) is 10.1 Å². The van der Waals surface area contributed by atoms with Crippen LogP contribution < -0.4 is 14.8 Å². The van der Waals surface area contributed by atoms with Gasteiger partial charge in [-0.25, -0.2) is 0 Å². The van der Waals surface area contributed by atoms with Crippen LogP contribution in [0.25, 0.3) is 22.3 Å². The molecule has 0 bridgehead atoms. The van der Waals surface area contributed by atoms with E-state index in [4.69, 9.17) is 20.6 Å². The maximum absolute atomic E-state index is 11.2. The molecule has 0 atom stereocenters. The molecule has 4 aromatic rings. The Morgan fingerprint density at radius 2 is 1.32 bits per heavy atom. The third kappa shape index (κ3) is 7.55. The average molecular weight is 494 g/mol. The fourth-order valence-electron chi connectivity index (χ4n) is 3.75. The van der Waals surface area contributed by atoms with E-state index in [1.54, 1.807) is 20.3 Å². The van der Waals surface area contributed by atoms with Crippen molar-refractivity contribution in [3.63, 3.8) is 0 Å². The maximum atomic E-state index is 11.2. The Balaban J connectivity index is 0.000000213. The topological polar surface area (TPSA) is 56.8 Å². The van der Waals surface area contributed by atoms with E-state index in [1.807, 2.05) is 91.0 Å². The van der Waals surface area contributed by atoms with Crippen LogP contribution in [0.3, 0.4) is 0 Å². The number of aldehydes is 1. The van der Waals surface area contributed by atoms with Gasteiger partial charge in [-0.2, -0.15) is 0 Å². The molecule has 4 rings (SSSR count). The highest BCUT2D eigenvalue weighted by molar-refractivity contribution is 5.89. The molecule has 0 saturated heterocycles. The molecule has 0 unspecified atom stereocenters. The number of ether oxygens (including phenoxy) is 3. The number of hydrogen-bond donors (Lipinski definition) is 1. The third-order valence-electron chi connectivity index (χ3n) is 5.56. The second kappa shape index (κ2) is 14.9. The molecule has 0 aliphatic heterocycles. The zero-order valence-electron chi connectivity index (χ0n) is 21.1. The van der Waals surface area contributed by atoms with E-state index in [2.05, 4.69) is 11.2 Å². The van der Waals surface area contributed by atoms with Crippen LogP contribution >= 0.6 is 0 Å². The van der Waals surface area contributed by atoms with Gasteiger partial charge in [0.1, 0.15) is 18.2 Å². The summed E-state index contributed by atoms with van der Waals surface area (Å²) in [5.41, 5.74) is 5.38. The van der Waals surface area contributed by atoms with Crippen LogP contribution in [0.1, 0.15) is 15.9 Å². The van der Waals surface area contributed by atoms with E-state index in [0.717, 1.165) is 52.1 Å². The molecule has 0 aliphatic carbocycles. The third-order valence-corrected chi connectivity index (χ3v) is 5.56. The van der Waals surface area contributed by atoms with Crippen molar-refractivity contribution in [2.24, 2.45) is 0 Å². The zero-order chi connectivity index (χ0) is 26.3. The van der Waals surface area contributed by atoms with E-state index in [1.165, 1.54) is 0 Å². The van der Waals surface area contributed by atoms with Crippen LogP contribution in [0.2, 0.25) is 0 Å². The lowest BCUT2D eigenvalue weighted by Gasteiger charge is -2.13. The largest absolute Gasteiger partial charge is 0.496 e. The lowest BCUT2D eigenvalue weighted by atomic mass is 9.99. The molecular formula is C32H31NO4. The summed E-state index contributed by atoms with van der Waals surface area (Å²) in [6.45, 7) is 1.76. The van der Waals surface area contributed by atoms with E-state index in [0.29, 0.717) is 18.9 Å². The van der Waals surface area contributed by atoms with Gasteiger partial charge in [0.05, 0.1) is 13.7 Å². The van der Waals surface area contributed by atoms with Gasteiger partial charge in [-0.1, -0.05) is 84.8 Å². The zero-order valence-corrected chi connectivity index (χ0v) is 21.1. The first kappa shape index (κ1) is 27.2. The van der Waals surface area contributed by atoms with Gasteiger partial charge >= 0.3 is 0 Å². The van der Waals surface area contributed by atoms with E-state index in [9.17, 15) is 4.79 Å². The van der Waals surface area contributed by atoms with Gasteiger partial charge in [0.2, 0.25) is 0 Å². The molecule has 0 spiro atoms. The minimum absolute atomic E-state index is 0.392. The molecule has 188 valence electrons. The van der Waals surface area contributed by atoms with Crippen LogP contribution in [0.15, 0.2) is 97.1 Å². The molecule has 0 radical (unpaired) electrons. The normalized spacial score (nSPS) is 9.97. The molecule has 5 nitrogen and oxygen atoms in total. The molecule has 0 aromatic heterocycles. The van der Waals surface area contributed by atoms with Gasteiger partial charge in [-0.05, 0) is 23.8 Å². The summed E-state index contributed by atoms with van der Waals surface area (Å²) in [6, 6.07) is 30.9. The van der Waals surface area contributed by atoms with Crippen LogP contribution in [0, 0.1) is 12.3 Å². The highest BCUT2D eigenvalue weighted by atomic mass is 16.5. The van der Waals surface area contributed by atoms with Crippen molar-refractivity contribution < 1.29 is 19.0 Å². The van der Waals surface area contributed by atoms with Crippen LogP contribution in [-0.2, 0) is 4.74 Å². The Hall–Kier alpha value is -4.37. The fourth-order valence-corrected chi connectivity index (χ4v) is 3.75. The Morgan fingerprint density at radius 1 is 0.757 bits per heavy atom. The molecule has 4 aromatic carbocycles. The maximum Gasteiger partial charge on any atom is 0.150 e. The number of para-hydroxylation sites is 2. The molecule has 0 fully saturated rings. The van der Waals surface area contributed by atoms with E-state index < -0.39 is 0 Å². The minimum atomic E-state index is 0.392. The van der Waals surface area contributed by atoms with E-state index in [-0.39, 0.29) is 0 Å². The van der Waals surface area contributed by atoms with Crippen molar-refractivity contribution in [3.8, 4) is 46.1 Å². The first-order chi connectivity index (χ1) is 18.2. The molecule has 1 N–H and O–H groups in total. The molecule has 5 heteroatoms. The molecule has 0 aliphatic rings. The summed E-state index contributed by atoms with van der Waals surface area (Å²) in [6.07, 6.45) is 6.35. The van der Waals surface area contributed by atoms with Crippen molar-refractivity contribution in [1.29, 1.82) is 0 Å². The number of hydrogen-bond acceptors (Lipinski definition) is 5. The lowest BCUT2D eigenvalue weighted by Crippen LogP contribution is -2.24. The number of nitrogens with one attached hydrogen (secondary N) is 1. The summed E-state index contributed by atoms with van der Waals surface area (Å²) in [7, 11) is 3.32. The first-order valence-corrected chi connectivity index (χ1v) is 11.9. The Bertz CT molecular complexity index is 1330. The predicted octanol–water partition coefficient (Wildman–Crippen LogP) is 6.08. The summed E-state index contributed by atoms with van der Waals surface area (Å²) in [5, 5.41) is 3.13. The number of carbonyl (C=O) groups is 1. The lowest BCUT2D eigenvalue weighted by molar-refractivity contribution is 0.112. The van der Waals surface area contributed by atoms with Crippen molar-refractivity contribution in [1.82, 2.24) is 5.32 Å². The number of methoxy groups -OCH3 is 2. The number of carbonyl (C=O) groups excluding carboxylic acids is 1. The first-order valence-electron chi connectivity index (χ1n) is 11.9.